The van der Waals surface area contributed by atoms with E-state index in [1.165, 1.54) is 6.33 Å². The lowest BCUT2D eigenvalue weighted by molar-refractivity contribution is 0.813. The zero-order valence-corrected chi connectivity index (χ0v) is 10.5. The summed E-state index contributed by atoms with van der Waals surface area (Å²) >= 11 is 5.95. The molecule has 19 heavy (non-hydrogen) atoms. The summed E-state index contributed by atoms with van der Waals surface area (Å²) in [6, 6.07) is 9.49. The number of hydrogen-bond donors (Lipinski definition) is 0. The van der Waals surface area contributed by atoms with Crippen LogP contribution in [0, 0.1) is 11.3 Å². The first-order valence-corrected chi connectivity index (χ1v) is 5.96. The number of fused-ring (bicyclic) bond motifs is 1. The number of rotatable bonds is 2. The molecule has 0 aliphatic rings. The van der Waals surface area contributed by atoms with Gasteiger partial charge >= 0.3 is 0 Å². The Morgan fingerprint density at radius 1 is 1.16 bits per heavy atom. The van der Waals surface area contributed by atoms with Crippen molar-refractivity contribution in [2.75, 3.05) is 0 Å². The topological polar surface area (TPSA) is 67.4 Å². The van der Waals surface area contributed by atoms with Gasteiger partial charge in [-0.3, -0.25) is 0 Å². The van der Waals surface area contributed by atoms with Gasteiger partial charge in [-0.25, -0.2) is 15.0 Å². The van der Waals surface area contributed by atoms with Crippen molar-refractivity contribution >= 4 is 22.8 Å². The van der Waals surface area contributed by atoms with Gasteiger partial charge in [-0.1, -0.05) is 23.7 Å². The van der Waals surface area contributed by atoms with Crippen LogP contribution in [-0.2, 0) is 6.54 Å². The van der Waals surface area contributed by atoms with Gasteiger partial charge in [0.25, 0.3) is 0 Å². The fourth-order valence-corrected chi connectivity index (χ4v) is 2.03. The van der Waals surface area contributed by atoms with Crippen LogP contribution in [0.4, 0.5) is 0 Å². The molecule has 0 aliphatic carbocycles. The number of aromatic nitrogens is 4. The Morgan fingerprint density at radius 3 is 2.68 bits per heavy atom. The molecule has 0 fully saturated rings. The van der Waals surface area contributed by atoms with Gasteiger partial charge < -0.3 is 4.57 Å². The number of hydrogen-bond acceptors (Lipinski definition) is 4. The number of nitrogens with zero attached hydrogens (tertiary/aromatic N) is 5. The first kappa shape index (κ1) is 11.6. The summed E-state index contributed by atoms with van der Waals surface area (Å²) in [4.78, 5) is 12.3. The van der Waals surface area contributed by atoms with Gasteiger partial charge in [0, 0.05) is 0 Å². The van der Waals surface area contributed by atoms with Crippen molar-refractivity contribution in [1.82, 2.24) is 19.5 Å². The molecule has 0 atom stereocenters. The quantitative estimate of drug-likeness (QED) is 0.670. The summed E-state index contributed by atoms with van der Waals surface area (Å²) in [7, 11) is 0. The summed E-state index contributed by atoms with van der Waals surface area (Å²) in [6.07, 6.45) is 3.10. The van der Waals surface area contributed by atoms with E-state index >= 15 is 0 Å². The van der Waals surface area contributed by atoms with Crippen molar-refractivity contribution in [3.05, 3.63) is 53.2 Å². The van der Waals surface area contributed by atoms with E-state index in [9.17, 15) is 0 Å². The van der Waals surface area contributed by atoms with E-state index < -0.39 is 0 Å². The molecule has 3 rings (SSSR count). The summed E-state index contributed by atoms with van der Waals surface area (Å²) in [6.45, 7) is 0.621. The molecular formula is C13H8ClN5. The number of imidazole rings is 1. The van der Waals surface area contributed by atoms with Gasteiger partial charge in [0.15, 0.2) is 10.8 Å². The molecule has 1 aromatic carbocycles. The van der Waals surface area contributed by atoms with E-state index in [1.54, 1.807) is 18.5 Å². The fourth-order valence-electron chi connectivity index (χ4n) is 1.85. The number of nitriles is 1. The molecule has 0 aliphatic heterocycles. The van der Waals surface area contributed by atoms with Crippen LogP contribution in [0.1, 0.15) is 11.1 Å². The second-order valence-electron chi connectivity index (χ2n) is 4.02. The molecule has 0 saturated carbocycles. The Morgan fingerprint density at radius 2 is 1.95 bits per heavy atom. The Labute approximate surface area is 114 Å². The Bertz CT molecular complexity index is 770. The van der Waals surface area contributed by atoms with Crippen LogP contribution in [0.2, 0.25) is 5.15 Å². The smallest absolute Gasteiger partial charge is 0.165 e. The molecular weight excluding hydrogens is 262 g/mol. The van der Waals surface area contributed by atoms with E-state index in [2.05, 4.69) is 21.0 Å². The molecule has 0 saturated heterocycles. The molecule has 5 nitrogen and oxygen atoms in total. The van der Waals surface area contributed by atoms with E-state index in [0.717, 1.165) is 5.56 Å². The summed E-state index contributed by atoms with van der Waals surface area (Å²) in [5.41, 5.74) is 3.00. The Kier molecular flexibility index (Phi) is 2.86. The van der Waals surface area contributed by atoms with Gasteiger partial charge in [0.05, 0.1) is 24.5 Å². The predicted molar refractivity (Wildman–Crippen MR) is 70.6 cm³/mol. The van der Waals surface area contributed by atoms with Crippen molar-refractivity contribution in [3.63, 3.8) is 0 Å². The molecule has 2 aromatic heterocycles. The van der Waals surface area contributed by atoms with Crippen molar-refractivity contribution < 1.29 is 0 Å². The third-order valence-electron chi connectivity index (χ3n) is 2.79. The highest BCUT2D eigenvalue weighted by molar-refractivity contribution is 6.33. The summed E-state index contributed by atoms with van der Waals surface area (Å²) in [5.74, 6) is 0. The molecule has 6 heteroatoms. The molecule has 0 unspecified atom stereocenters. The van der Waals surface area contributed by atoms with Crippen molar-refractivity contribution in [2.45, 2.75) is 6.54 Å². The maximum absolute atomic E-state index is 8.76. The first-order chi connectivity index (χ1) is 9.28. The third-order valence-corrected chi connectivity index (χ3v) is 3.07. The molecule has 0 radical (unpaired) electrons. The molecule has 3 aromatic rings. The third kappa shape index (κ3) is 2.14. The van der Waals surface area contributed by atoms with Crippen LogP contribution >= 0.6 is 11.6 Å². The highest BCUT2D eigenvalue weighted by Crippen LogP contribution is 2.18. The minimum absolute atomic E-state index is 0.351. The lowest BCUT2D eigenvalue weighted by Crippen LogP contribution is -1.99. The van der Waals surface area contributed by atoms with Gasteiger partial charge in [-0.15, -0.1) is 0 Å². The van der Waals surface area contributed by atoms with Gasteiger partial charge in [-0.05, 0) is 17.7 Å². The maximum atomic E-state index is 8.76. The van der Waals surface area contributed by atoms with E-state index in [4.69, 9.17) is 16.9 Å². The predicted octanol–water partition coefficient (Wildman–Crippen LogP) is 2.40. The van der Waals surface area contributed by atoms with Crippen LogP contribution in [-0.4, -0.2) is 19.5 Å². The van der Waals surface area contributed by atoms with Crippen LogP contribution < -0.4 is 0 Å². The second kappa shape index (κ2) is 4.67. The average molecular weight is 270 g/mol. The van der Waals surface area contributed by atoms with Crippen molar-refractivity contribution in [2.24, 2.45) is 0 Å². The molecule has 0 amide bonds. The normalized spacial score (nSPS) is 10.5. The largest absolute Gasteiger partial charge is 0.311 e. The van der Waals surface area contributed by atoms with Crippen LogP contribution in [0.5, 0.6) is 0 Å². The fraction of sp³-hybridized carbons (Fsp3) is 0.0769. The lowest BCUT2D eigenvalue weighted by atomic mass is 10.1. The highest BCUT2D eigenvalue weighted by atomic mass is 35.5. The number of halogens is 1. The van der Waals surface area contributed by atoms with Crippen LogP contribution in [0.15, 0.2) is 36.9 Å². The van der Waals surface area contributed by atoms with E-state index in [1.807, 2.05) is 16.7 Å². The minimum atomic E-state index is 0.351. The second-order valence-corrected chi connectivity index (χ2v) is 4.38. The molecule has 0 N–H and O–H groups in total. The number of benzene rings is 1. The Balaban J connectivity index is 1.97. The molecule has 0 spiro atoms. The monoisotopic (exact) mass is 269 g/mol. The van der Waals surface area contributed by atoms with Gasteiger partial charge in [0.2, 0.25) is 0 Å². The average Bonchev–Trinajstić information content (AvgIpc) is 2.84. The van der Waals surface area contributed by atoms with E-state index in [-0.39, 0.29) is 0 Å². The summed E-state index contributed by atoms with van der Waals surface area (Å²) in [5, 5.41) is 9.11. The maximum Gasteiger partial charge on any atom is 0.165 e. The minimum Gasteiger partial charge on any atom is -0.311 e. The molecule has 0 bridgehead atoms. The van der Waals surface area contributed by atoms with Crippen LogP contribution in [0.3, 0.4) is 0 Å². The van der Waals surface area contributed by atoms with Crippen LogP contribution in [0.25, 0.3) is 11.2 Å². The first-order valence-electron chi connectivity index (χ1n) is 5.58. The molecule has 92 valence electrons. The van der Waals surface area contributed by atoms with Gasteiger partial charge in [0.1, 0.15) is 11.8 Å². The summed E-state index contributed by atoms with van der Waals surface area (Å²) < 4.78 is 1.89. The standard InChI is InChI=1S/C13H8ClN5/c14-12-11-13(17-7-16-12)19(8-18-11)6-10-3-1-9(5-15)2-4-10/h1-4,7-8H,6H2. The van der Waals surface area contributed by atoms with Crippen molar-refractivity contribution in [3.8, 4) is 6.07 Å². The van der Waals surface area contributed by atoms with Gasteiger partial charge in [-0.2, -0.15) is 5.26 Å². The van der Waals surface area contributed by atoms with Crippen molar-refractivity contribution in [1.29, 1.82) is 5.26 Å². The zero-order chi connectivity index (χ0) is 13.2. The zero-order valence-electron chi connectivity index (χ0n) is 9.79. The Hall–Kier alpha value is -2.45. The molecule has 2 heterocycles. The van der Waals surface area contributed by atoms with E-state index in [0.29, 0.717) is 28.4 Å². The highest BCUT2D eigenvalue weighted by Gasteiger charge is 2.08. The lowest BCUT2D eigenvalue weighted by Gasteiger charge is -2.03. The SMILES string of the molecule is N#Cc1ccc(Cn2cnc3c(Cl)ncnc32)cc1.